The van der Waals surface area contributed by atoms with Crippen molar-refractivity contribution in [2.45, 2.75) is 133 Å². The molecule has 0 saturated carbocycles. The largest absolute Gasteiger partial charge is 0.495 e. The molecule has 25 heteroatoms. The molecule has 0 spiro atoms. The Hall–Kier alpha value is -5.79. The van der Waals surface area contributed by atoms with Crippen molar-refractivity contribution >= 4 is 81.1 Å². The fourth-order valence-corrected chi connectivity index (χ4v) is 9.70. The molecule has 1 aromatic carbocycles. The van der Waals surface area contributed by atoms with Crippen LogP contribution < -0.4 is 20.3 Å². The van der Waals surface area contributed by atoms with Gasteiger partial charge in [0.2, 0.25) is 17.7 Å². The van der Waals surface area contributed by atoms with Gasteiger partial charge >= 0.3 is 24.2 Å². The second-order valence-corrected chi connectivity index (χ2v) is 21.1. The average Bonchev–Trinajstić information content (AvgIpc) is 4.23. The fourth-order valence-electron chi connectivity index (χ4n) is 9.24. The summed E-state index contributed by atoms with van der Waals surface area (Å²) in [5.74, 6) is -3.23. The normalized spacial score (nSPS) is 26.7. The monoisotopic (exact) mass is 1180 g/mol. The number of esters is 1. The Morgan fingerprint density at radius 1 is 1.03 bits per heavy atom. The number of hydrogen-bond donors (Lipinski definition) is 3. The Balaban J connectivity index is 1.18. The summed E-state index contributed by atoms with van der Waals surface area (Å²) in [7, 11) is 8.77. The first-order valence-electron chi connectivity index (χ1n) is 25.7. The molecule has 1 aromatic rings. The van der Waals surface area contributed by atoms with Crippen LogP contribution in [-0.4, -0.2) is 196 Å². The van der Waals surface area contributed by atoms with Gasteiger partial charge in [0.05, 0.1) is 43.2 Å². The number of methoxy groups -OCH3 is 2. The van der Waals surface area contributed by atoms with Gasteiger partial charge in [0, 0.05) is 60.7 Å². The minimum absolute atomic E-state index is 0.00370. The lowest BCUT2D eigenvalue weighted by Gasteiger charge is -2.42. The third kappa shape index (κ3) is 16.9. The predicted octanol–water partition coefficient (Wildman–Crippen LogP) is 4.96. The summed E-state index contributed by atoms with van der Waals surface area (Å²) >= 11 is 9.79. The number of hydrogen-bond acceptors (Lipinski definition) is 17. The van der Waals surface area contributed by atoms with Crippen LogP contribution >= 0.6 is 27.5 Å². The van der Waals surface area contributed by atoms with E-state index in [1.165, 1.54) is 64.0 Å². The van der Waals surface area contributed by atoms with Gasteiger partial charge < -0.3 is 62.6 Å². The molecule has 432 valence electrons. The number of allylic oxidation sites excluding steroid dienone is 3. The minimum Gasteiger partial charge on any atom is -0.495 e. The first-order valence-corrected chi connectivity index (χ1v) is 27.2. The van der Waals surface area contributed by atoms with Crippen LogP contribution in [0.5, 0.6) is 5.75 Å². The number of ether oxygens (including phenoxy) is 8. The molecule has 7 amide bonds. The van der Waals surface area contributed by atoms with Gasteiger partial charge in [0.15, 0.2) is 5.72 Å². The fraction of sp³-hybridized carbons (Fsp3) is 0.623. The first-order chi connectivity index (χ1) is 36.8. The van der Waals surface area contributed by atoms with E-state index in [4.69, 9.17) is 49.5 Å². The van der Waals surface area contributed by atoms with Gasteiger partial charge in [0.1, 0.15) is 60.0 Å². The maximum Gasteiger partial charge on any atom is 0.410 e. The van der Waals surface area contributed by atoms with Gasteiger partial charge in [0.25, 0.3) is 5.91 Å². The maximum atomic E-state index is 14.4. The SMILES string of the molecule is COc1cc2cc(c1Cl)N(C)C(=O)C[C@H](OC(=O)[C@H](C)N(C)C(=O)CCOC(=O)N(C)CCN(C)C(=O)OC1C=CCC(OCC(=O)NC(=O)CBr)CCC1)[C@]1(C)O[C@H]1[C@H](C)[C@@H]1C[C@@](O)(NC(=O)O1)[C@H](OC)C=CC=C(C)C2. The molecule has 4 aliphatic rings. The third-order valence-electron chi connectivity index (χ3n) is 14.3. The molecule has 23 nitrogen and oxygen atoms in total. The van der Waals surface area contributed by atoms with Gasteiger partial charge in [-0.2, -0.15) is 0 Å². The number of anilines is 1. The van der Waals surface area contributed by atoms with E-state index in [0.29, 0.717) is 43.5 Å². The van der Waals surface area contributed by atoms with Gasteiger partial charge in [-0.05, 0) is 76.6 Å². The molecular formula is C53H74BrClN6O17. The van der Waals surface area contributed by atoms with Crippen LogP contribution in [0.15, 0.2) is 48.1 Å². The number of imide groups is 1. The van der Waals surface area contributed by atoms with Crippen molar-refractivity contribution in [2.24, 2.45) is 5.92 Å². The number of amides is 7. The second kappa shape index (κ2) is 28.4. The molecule has 78 heavy (non-hydrogen) atoms. The van der Waals surface area contributed by atoms with Gasteiger partial charge in [-0.25, -0.2) is 19.2 Å². The lowest BCUT2D eigenvalue weighted by molar-refractivity contribution is -0.162. The van der Waals surface area contributed by atoms with Crippen molar-refractivity contribution in [1.82, 2.24) is 25.3 Å². The zero-order chi connectivity index (χ0) is 57.6. The number of nitrogens with one attached hydrogen (secondary N) is 2. The van der Waals surface area contributed by atoms with Crippen LogP contribution in [-0.2, 0) is 63.6 Å². The van der Waals surface area contributed by atoms with E-state index in [-0.39, 0.29) is 55.6 Å². The Morgan fingerprint density at radius 3 is 2.41 bits per heavy atom. The van der Waals surface area contributed by atoms with Crippen LogP contribution in [0.3, 0.4) is 0 Å². The van der Waals surface area contributed by atoms with Crippen molar-refractivity contribution in [2.75, 3.05) is 78.9 Å². The zero-order valence-corrected chi connectivity index (χ0v) is 48.2. The molecule has 2 fully saturated rings. The van der Waals surface area contributed by atoms with Crippen LogP contribution in [0.2, 0.25) is 5.02 Å². The highest BCUT2D eigenvalue weighted by Gasteiger charge is 2.64. The van der Waals surface area contributed by atoms with Crippen molar-refractivity contribution in [1.29, 1.82) is 0 Å². The molecule has 5 rings (SSSR count). The molecule has 2 saturated heterocycles. The number of fused-ring (bicyclic) bond motifs is 5. The number of likely N-dealkylation sites (N-methyl/N-ethyl adjacent to an activating group) is 3. The van der Waals surface area contributed by atoms with E-state index in [1.807, 2.05) is 19.1 Å². The number of rotatable bonds is 16. The maximum absolute atomic E-state index is 14.4. The third-order valence-corrected chi connectivity index (χ3v) is 15.2. The highest BCUT2D eigenvalue weighted by molar-refractivity contribution is 9.09. The first kappa shape index (κ1) is 63.0. The number of halogens is 2. The highest BCUT2D eigenvalue weighted by atomic mass is 79.9. The van der Waals surface area contributed by atoms with Crippen molar-refractivity contribution in [3.63, 3.8) is 0 Å². The number of alkyl carbamates (subject to hydrolysis) is 1. The molecule has 0 radical (unpaired) electrons. The smallest absolute Gasteiger partial charge is 0.410 e. The van der Waals surface area contributed by atoms with E-state index in [0.717, 1.165) is 16.0 Å². The predicted molar refractivity (Wildman–Crippen MR) is 287 cm³/mol. The Morgan fingerprint density at radius 2 is 1.73 bits per heavy atom. The van der Waals surface area contributed by atoms with E-state index in [9.17, 15) is 43.5 Å². The summed E-state index contributed by atoms with van der Waals surface area (Å²) in [4.78, 5) is 109. The Kier molecular flexibility index (Phi) is 22.9. The second-order valence-electron chi connectivity index (χ2n) is 20.2. The van der Waals surface area contributed by atoms with E-state index >= 15 is 0 Å². The van der Waals surface area contributed by atoms with Crippen LogP contribution in [0.25, 0.3) is 0 Å². The van der Waals surface area contributed by atoms with Crippen LogP contribution in [0.4, 0.5) is 20.1 Å². The number of aliphatic hydroxyl groups is 1. The van der Waals surface area contributed by atoms with Crippen molar-refractivity contribution in [3.05, 3.63) is 58.7 Å². The molecular weight excluding hydrogens is 1110 g/mol. The molecule has 3 aliphatic heterocycles. The Bertz CT molecular complexity index is 2460. The zero-order valence-electron chi connectivity index (χ0n) is 45.9. The van der Waals surface area contributed by atoms with E-state index in [1.54, 1.807) is 44.2 Å². The number of alkyl halides is 1. The summed E-state index contributed by atoms with van der Waals surface area (Å²) in [5.41, 5.74) is -1.26. The van der Waals surface area contributed by atoms with Crippen LogP contribution in [0, 0.1) is 5.92 Å². The van der Waals surface area contributed by atoms with Gasteiger partial charge in [-0.15, -0.1) is 0 Å². The number of nitrogens with zero attached hydrogens (tertiary/aromatic N) is 4. The summed E-state index contributed by atoms with van der Waals surface area (Å²) in [6.07, 6.45) is 3.64. The average molecular weight is 1180 g/mol. The minimum atomic E-state index is -1.89. The molecule has 3 N–H and O–H groups in total. The van der Waals surface area contributed by atoms with Gasteiger partial charge in [-0.3, -0.25) is 29.8 Å². The standard InChI is InChI=1S/C53H74BrClN6O17/c1-31-14-11-19-40(72-10)53(70)28-39(76-49(67)57-53)32(2)47-52(4,78-47)41(27-45(65)61(8)37-25-34(24-31)26-38(71-9)46(37)55)77-48(66)33(3)60(7)44(64)20-23-73-50(68)58(5)21-22-59(6)51(69)75-36-17-12-15-35(16-13-18-36)74-30-43(63)56-42(62)29-54/h11-12,14,17,19,25-26,32-33,35-36,39-41,47,70H,13,15-16,18,20-24,27-30H2,1-10H3,(H,57,67)(H,56,62,63)/t32-,33+,35?,36?,39+,40-,41+,47+,52+,53+/m1/s1. The molecule has 4 bridgehead atoms. The van der Waals surface area contributed by atoms with Crippen LogP contribution in [0.1, 0.15) is 78.2 Å². The lowest BCUT2D eigenvalue weighted by atomic mass is 9.83. The van der Waals surface area contributed by atoms with E-state index in [2.05, 4.69) is 26.6 Å². The number of carbonyl (C=O) groups excluding carboxylic acids is 8. The molecule has 10 atom stereocenters. The summed E-state index contributed by atoms with van der Waals surface area (Å²) in [6.45, 7) is 6.33. The number of epoxide rings is 1. The summed E-state index contributed by atoms with van der Waals surface area (Å²) in [5, 5.41) is 16.7. The quantitative estimate of drug-likeness (QED) is 0.0649. The van der Waals surface area contributed by atoms with E-state index < -0.39 is 108 Å². The highest BCUT2D eigenvalue weighted by Crippen LogP contribution is 2.49. The Labute approximate surface area is 468 Å². The van der Waals surface area contributed by atoms with Gasteiger partial charge in [-0.1, -0.05) is 64.3 Å². The van der Waals surface area contributed by atoms with Crippen molar-refractivity contribution < 1.29 is 81.4 Å². The summed E-state index contributed by atoms with van der Waals surface area (Å²) < 4.78 is 46.0. The molecule has 1 aliphatic carbocycles. The number of carbonyl (C=O) groups is 8. The molecule has 0 aromatic heterocycles. The number of benzene rings is 1. The lowest BCUT2D eigenvalue weighted by Crippen LogP contribution is -2.63. The van der Waals surface area contributed by atoms with Crippen molar-refractivity contribution in [3.8, 4) is 5.75 Å². The molecule has 2 unspecified atom stereocenters. The molecule has 3 heterocycles. The topological polar surface area (TPSA) is 271 Å². The summed E-state index contributed by atoms with van der Waals surface area (Å²) in [6, 6.07) is 2.31.